The Morgan fingerprint density at radius 3 is 2.32 bits per heavy atom. The van der Waals surface area contributed by atoms with Crippen LogP contribution in [0, 0.1) is 22.7 Å². The fraction of sp³-hybridized carbons (Fsp3) is 0.789. The van der Waals surface area contributed by atoms with E-state index >= 15 is 0 Å². The Morgan fingerprint density at radius 1 is 1.00 bits per heavy atom. The van der Waals surface area contributed by atoms with Crippen molar-refractivity contribution in [1.82, 2.24) is 15.0 Å². The first-order valence-electron chi connectivity index (χ1n) is 8.55. The lowest BCUT2D eigenvalue weighted by molar-refractivity contribution is 0.406. The Kier molecular flexibility index (Phi) is 7.13. The third-order valence-electron chi connectivity index (χ3n) is 3.20. The molecule has 1 rings (SSSR count). The van der Waals surface area contributed by atoms with Crippen molar-refractivity contribution in [2.75, 3.05) is 0 Å². The minimum Gasteiger partial charge on any atom is -0.252 e. The summed E-state index contributed by atoms with van der Waals surface area (Å²) in [4.78, 5) is 0. The minimum atomic E-state index is 0.137. The molecule has 0 fully saturated rings. The third kappa shape index (κ3) is 9.60. The van der Waals surface area contributed by atoms with Gasteiger partial charge in [0.1, 0.15) is 0 Å². The second kappa shape index (κ2) is 8.36. The predicted molar refractivity (Wildman–Crippen MR) is 93.5 cm³/mol. The maximum Gasteiger partial charge on any atom is 0.0832 e. The number of rotatable bonds is 7. The fourth-order valence-corrected chi connectivity index (χ4v) is 2.24. The van der Waals surface area contributed by atoms with Gasteiger partial charge in [-0.1, -0.05) is 44.7 Å². The van der Waals surface area contributed by atoms with Gasteiger partial charge in [-0.3, -0.25) is 4.68 Å². The van der Waals surface area contributed by atoms with Crippen LogP contribution in [0.2, 0.25) is 0 Å². The number of hydrogen-bond donors (Lipinski definition) is 0. The second-order valence-corrected chi connectivity index (χ2v) is 8.43. The summed E-state index contributed by atoms with van der Waals surface area (Å²) in [6.45, 7) is 14.1. The van der Waals surface area contributed by atoms with Crippen molar-refractivity contribution in [3.05, 3.63) is 11.9 Å². The first-order chi connectivity index (χ1) is 10.2. The lowest BCUT2D eigenvalue weighted by atomic mass is 9.91. The molecule has 0 bridgehead atoms. The number of hydrogen-bond acceptors (Lipinski definition) is 2. The molecule has 0 aliphatic heterocycles. The molecule has 1 heterocycles. The molecule has 124 valence electrons. The van der Waals surface area contributed by atoms with Gasteiger partial charge >= 0.3 is 0 Å². The zero-order valence-corrected chi connectivity index (χ0v) is 15.4. The average molecular weight is 303 g/mol. The summed E-state index contributed by atoms with van der Waals surface area (Å²) in [5.41, 5.74) is 1.51. The maximum atomic E-state index is 4.26. The van der Waals surface area contributed by atoms with Crippen molar-refractivity contribution < 1.29 is 0 Å². The highest BCUT2D eigenvalue weighted by Crippen LogP contribution is 2.18. The third-order valence-corrected chi connectivity index (χ3v) is 3.20. The predicted octanol–water partition coefficient (Wildman–Crippen LogP) is 4.87. The molecule has 0 aliphatic rings. The van der Waals surface area contributed by atoms with Crippen LogP contribution in [0.1, 0.15) is 79.3 Å². The van der Waals surface area contributed by atoms with Crippen LogP contribution >= 0.6 is 0 Å². The van der Waals surface area contributed by atoms with Crippen molar-refractivity contribution in [2.24, 2.45) is 10.8 Å². The van der Waals surface area contributed by atoms with Crippen LogP contribution in [0.4, 0.5) is 0 Å². The van der Waals surface area contributed by atoms with Gasteiger partial charge in [0.05, 0.1) is 5.69 Å². The van der Waals surface area contributed by atoms with Gasteiger partial charge in [0.15, 0.2) is 0 Å². The van der Waals surface area contributed by atoms with E-state index in [2.05, 4.69) is 69.9 Å². The molecule has 0 spiro atoms. The van der Waals surface area contributed by atoms with Crippen LogP contribution in [-0.2, 0) is 13.0 Å². The quantitative estimate of drug-likeness (QED) is 0.531. The molecule has 22 heavy (non-hydrogen) atoms. The Hall–Kier alpha value is -1.30. The number of aromatic nitrogens is 3. The van der Waals surface area contributed by atoms with E-state index in [-0.39, 0.29) is 10.8 Å². The van der Waals surface area contributed by atoms with Crippen LogP contribution in [0.3, 0.4) is 0 Å². The molecule has 0 amide bonds. The number of unbranched alkanes of at least 4 members (excludes halogenated alkanes) is 4. The van der Waals surface area contributed by atoms with Crippen molar-refractivity contribution in [3.8, 4) is 11.8 Å². The van der Waals surface area contributed by atoms with E-state index in [1.54, 1.807) is 0 Å². The molecule has 0 saturated carbocycles. The van der Waals surface area contributed by atoms with E-state index in [9.17, 15) is 0 Å². The first kappa shape index (κ1) is 18.7. The average Bonchev–Trinajstić information content (AvgIpc) is 2.76. The van der Waals surface area contributed by atoms with Crippen molar-refractivity contribution in [2.45, 2.75) is 86.6 Å². The van der Waals surface area contributed by atoms with Gasteiger partial charge in [-0.15, -0.1) is 11.0 Å². The molecule has 0 N–H and O–H groups in total. The highest BCUT2D eigenvalue weighted by atomic mass is 15.4. The van der Waals surface area contributed by atoms with Gasteiger partial charge < -0.3 is 0 Å². The molecule has 0 atom stereocenters. The monoisotopic (exact) mass is 303 g/mol. The van der Waals surface area contributed by atoms with Crippen molar-refractivity contribution in [1.29, 1.82) is 0 Å². The summed E-state index contributed by atoms with van der Waals surface area (Å²) in [6, 6.07) is 0. The maximum absolute atomic E-state index is 4.26. The van der Waals surface area contributed by atoms with E-state index < -0.39 is 0 Å². The molecule has 0 radical (unpaired) electrons. The summed E-state index contributed by atoms with van der Waals surface area (Å²) in [7, 11) is 0. The smallest absolute Gasteiger partial charge is 0.0832 e. The SMILES string of the molecule is CC(C)(C)C#CCCCCCCn1cc(CC(C)(C)C)nn1. The molecule has 3 nitrogen and oxygen atoms in total. The molecule has 0 saturated heterocycles. The molecular weight excluding hydrogens is 270 g/mol. The van der Waals surface area contributed by atoms with Crippen LogP contribution in [0.25, 0.3) is 0 Å². The van der Waals surface area contributed by atoms with E-state index in [0.29, 0.717) is 0 Å². The number of nitrogens with zero attached hydrogens (tertiary/aromatic N) is 3. The zero-order chi connectivity index (χ0) is 16.6. The lowest BCUT2D eigenvalue weighted by Crippen LogP contribution is -2.09. The molecule has 3 heteroatoms. The Balaban J connectivity index is 2.14. The van der Waals surface area contributed by atoms with Crippen molar-refractivity contribution in [3.63, 3.8) is 0 Å². The van der Waals surface area contributed by atoms with E-state index in [0.717, 1.165) is 25.1 Å². The summed E-state index contributed by atoms with van der Waals surface area (Å²) < 4.78 is 1.99. The standard InChI is InChI=1S/C19H33N3/c1-18(2,3)13-11-9-7-8-10-12-14-22-16-17(20-21-22)15-19(4,5)6/h16H,7-10,12,14-15H2,1-6H3. The first-order valence-corrected chi connectivity index (χ1v) is 8.55. The summed E-state index contributed by atoms with van der Waals surface area (Å²) >= 11 is 0. The Morgan fingerprint density at radius 2 is 1.68 bits per heavy atom. The molecule has 0 unspecified atom stereocenters. The summed E-state index contributed by atoms with van der Waals surface area (Å²) in [5.74, 6) is 6.57. The van der Waals surface area contributed by atoms with Crippen LogP contribution < -0.4 is 0 Å². The van der Waals surface area contributed by atoms with Crippen LogP contribution in [-0.4, -0.2) is 15.0 Å². The van der Waals surface area contributed by atoms with Crippen LogP contribution in [0.5, 0.6) is 0 Å². The van der Waals surface area contributed by atoms with Gasteiger partial charge in [-0.2, -0.15) is 0 Å². The van der Waals surface area contributed by atoms with Gasteiger partial charge in [0.2, 0.25) is 0 Å². The molecular formula is C19H33N3. The van der Waals surface area contributed by atoms with E-state index in [1.165, 1.54) is 25.7 Å². The summed E-state index contributed by atoms with van der Waals surface area (Å²) in [6.07, 6.45) is 8.98. The Bertz CT molecular complexity index is 489. The molecule has 1 aromatic rings. The number of aryl methyl sites for hydroxylation is 1. The second-order valence-electron chi connectivity index (χ2n) is 8.43. The topological polar surface area (TPSA) is 30.7 Å². The minimum absolute atomic E-state index is 0.137. The molecule has 1 aromatic heterocycles. The van der Waals surface area contributed by atoms with Gasteiger partial charge in [0, 0.05) is 24.6 Å². The van der Waals surface area contributed by atoms with E-state index in [4.69, 9.17) is 0 Å². The lowest BCUT2D eigenvalue weighted by Gasteiger charge is -2.15. The Labute approximate surface area is 136 Å². The normalized spacial score (nSPS) is 12.1. The van der Waals surface area contributed by atoms with Gasteiger partial charge in [-0.25, -0.2) is 0 Å². The summed E-state index contributed by atoms with van der Waals surface area (Å²) in [5, 5.41) is 8.48. The highest BCUT2D eigenvalue weighted by Gasteiger charge is 2.13. The largest absolute Gasteiger partial charge is 0.252 e. The molecule has 0 aromatic carbocycles. The van der Waals surface area contributed by atoms with Crippen molar-refractivity contribution >= 4 is 0 Å². The highest BCUT2D eigenvalue weighted by molar-refractivity contribution is 5.06. The zero-order valence-electron chi connectivity index (χ0n) is 15.4. The van der Waals surface area contributed by atoms with Crippen LogP contribution in [0.15, 0.2) is 6.20 Å². The fourth-order valence-electron chi connectivity index (χ4n) is 2.24. The van der Waals surface area contributed by atoms with E-state index in [1.807, 2.05) is 4.68 Å². The van der Waals surface area contributed by atoms with Gasteiger partial charge in [-0.05, 0) is 45.4 Å². The van der Waals surface area contributed by atoms with Gasteiger partial charge in [0.25, 0.3) is 0 Å². The molecule has 0 aliphatic carbocycles.